The number of hydrogen-bond acceptors (Lipinski definition) is 3. The van der Waals surface area contributed by atoms with Crippen LogP contribution < -0.4 is 5.32 Å². The van der Waals surface area contributed by atoms with Gasteiger partial charge in [-0.2, -0.15) is 0 Å². The van der Waals surface area contributed by atoms with E-state index in [1.807, 2.05) is 0 Å². The number of nitrogens with zero attached hydrogens (tertiary/aromatic N) is 1. The van der Waals surface area contributed by atoms with Gasteiger partial charge in [-0.3, -0.25) is 4.79 Å². The first kappa shape index (κ1) is 8.23. The van der Waals surface area contributed by atoms with Gasteiger partial charge in [0.05, 0.1) is 0 Å². The van der Waals surface area contributed by atoms with Crippen LogP contribution in [0.1, 0.15) is 12.8 Å². The molecule has 0 saturated carbocycles. The molecule has 1 amide bonds. The smallest absolute Gasteiger partial charge is 0.286 e. The highest BCUT2D eigenvalue weighted by molar-refractivity contribution is 5.76. The fourth-order valence-corrected chi connectivity index (χ4v) is 0.462. The predicted octanol–water partition coefficient (Wildman–Crippen LogP) is 0.279. The van der Waals surface area contributed by atoms with E-state index in [-0.39, 0.29) is 6.42 Å². The average molecular weight is 130 g/mol. The monoisotopic (exact) mass is 130 g/mol. The van der Waals surface area contributed by atoms with Gasteiger partial charge in [0.25, 0.3) is 5.91 Å². The molecule has 0 fully saturated rings. The molecule has 4 heteroatoms. The van der Waals surface area contributed by atoms with Gasteiger partial charge in [-0.25, -0.2) is 0 Å². The largest absolute Gasteiger partial charge is 0.320 e. The first-order valence-electron chi connectivity index (χ1n) is 2.82. The van der Waals surface area contributed by atoms with Crippen molar-refractivity contribution >= 4 is 5.91 Å². The van der Waals surface area contributed by atoms with Gasteiger partial charge in [0, 0.05) is 11.6 Å². The van der Waals surface area contributed by atoms with E-state index < -0.39 is 5.91 Å². The number of amides is 1. The Morgan fingerprint density at radius 1 is 1.67 bits per heavy atom. The minimum atomic E-state index is -0.565. The topological polar surface area (TPSA) is 58.5 Å². The zero-order chi connectivity index (χ0) is 7.11. The molecule has 4 nitrogen and oxygen atoms in total. The van der Waals surface area contributed by atoms with Crippen molar-refractivity contribution in [2.24, 2.45) is 5.18 Å². The summed E-state index contributed by atoms with van der Waals surface area (Å²) in [6.07, 6.45) is 0.936. The molecule has 9 heavy (non-hydrogen) atoms. The van der Waals surface area contributed by atoms with E-state index in [1.54, 1.807) is 7.05 Å². The highest BCUT2D eigenvalue weighted by Gasteiger charge is 1.97. The maximum atomic E-state index is 10.2. The van der Waals surface area contributed by atoms with Crippen molar-refractivity contribution in [1.29, 1.82) is 0 Å². The molecule has 52 valence electrons. The fraction of sp³-hybridized carbons (Fsp3) is 0.800. The van der Waals surface area contributed by atoms with E-state index in [0.29, 0.717) is 6.42 Å². The Morgan fingerprint density at radius 3 is 2.78 bits per heavy atom. The molecule has 1 N–H and O–H groups in total. The van der Waals surface area contributed by atoms with Gasteiger partial charge in [0.2, 0.25) is 0 Å². The van der Waals surface area contributed by atoms with Crippen molar-refractivity contribution in [3.8, 4) is 0 Å². The summed E-state index contributed by atoms with van der Waals surface area (Å²) in [6, 6.07) is 0. The normalized spacial score (nSPS) is 9.00. The van der Waals surface area contributed by atoms with Crippen molar-refractivity contribution in [3.63, 3.8) is 0 Å². The van der Waals surface area contributed by atoms with Crippen LogP contribution in [0.3, 0.4) is 0 Å². The fourth-order valence-electron chi connectivity index (χ4n) is 0.462. The maximum absolute atomic E-state index is 10.2. The van der Waals surface area contributed by atoms with Crippen LogP contribution in [-0.2, 0) is 4.79 Å². The van der Waals surface area contributed by atoms with Gasteiger partial charge in [0.15, 0.2) is 0 Å². The lowest BCUT2D eigenvalue weighted by Gasteiger charge is -1.91. The highest BCUT2D eigenvalue weighted by Crippen LogP contribution is 1.88. The zero-order valence-corrected chi connectivity index (χ0v) is 5.39. The molecular weight excluding hydrogens is 120 g/mol. The maximum Gasteiger partial charge on any atom is 0.286 e. The van der Waals surface area contributed by atoms with Gasteiger partial charge >= 0.3 is 0 Å². The Balaban J connectivity index is 3.07. The first-order chi connectivity index (χ1) is 4.31. The van der Waals surface area contributed by atoms with E-state index >= 15 is 0 Å². The van der Waals surface area contributed by atoms with Gasteiger partial charge in [-0.1, -0.05) is 0 Å². The molecule has 0 aliphatic heterocycles. The average Bonchev–Trinajstić information content (AvgIpc) is 1.89. The predicted molar refractivity (Wildman–Crippen MR) is 34.0 cm³/mol. The van der Waals surface area contributed by atoms with E-state index in [9.17, 15) is 9.70 Å². The highest BCUT2D eigenvalue weighted by atomic mass is 16.3. The molecule has 0 aromatic rings. The van der Waals surface area contributed by atoms with Crippen LogP contribution in [-0.4, -0.2) is 19.5 Å². The molecule has 0 atom stereocenters. The van der Waals surface area contributed by atoms with Crippen LogP contribution >= 0.6 is 0 Å². The van der Waals surface area contributed by atoms with Gasteiger partial charge in [-0.05, 0) is 20.0 Å². The molecule has 0 saturated heterocycles. The Hall–Kier alpha value is -0.770. The van der Waals surface area contributed by atoms with Crippen LogP contribution in [0.2, 0.25) is 0 Å². The van der Waals surface area contributed by atoms with E-state index in [1.165, 1.54) is 0 Å². The number of rotatable bonds is 4. The van der Waals surface area contributed by atoms with Crippen LogP contribution in [0.15, 0.2) is 5.18 Å². The first-order valence-corrected chi connectivity index (χ1v) is 2.82. The number of carbonyl (C=O) groups excluding carboxylic acids is 1. The molecular formula is C5H10N2O2. The van der Waals surface area contributed by atoms with Crippen molar-refractivity contribution in [3.05, 3.63) is 4.91 Å². The summed E-state index contributed by atoms with van der Waals surface area (Å²) in [7, 11) is 1.79. The number of nitroso groups, excluding NO2 is 1. The Morgan fingerprint density at radius 2 is 2.33 bits per heavy atom. The summed E-state index contributed by atoms with van der Waals surface area (Å²) < 4.78 is 0. The molecule has 0 heterocycles. The second-order valence-corrected chi connectivity index (χ2v) is 1.69. The van der Waals surface area contributed by atoms with Crippen molar-refractivity contribution < 1.29 is 4.79 Å². The second-order valence-electron chi connectivity index (χ2n) is 1.69. The van der Waals surface area contributed by atoms with Crippen LogP contribution in [0.4, 0.5) is 0 Å². The summed E-state index contributed by atoms with van der Waals surface area (Å²) in [6.45, 7) is 0.751. The molecule has 0 aliphatic rings. The summed E-state index contributed by atoms with van der Waals surface area (Å²) in [4.78, 5) is 19.7. The molecule has 0 unspecified atom stereocenters. The van der Waals surface area contributed by atoms with Crippen LogP contribution in [0.5, 0.6) is 0 Å². The third-order valence-corrected chi connectivity index (χ3v) is 0.919. The minimum absolute atomic E-state index is 0.254. The lowest BCUT2D eigenvalue weighted by atomic mass is 10.3. The summed E-state index contributed by atoms with van der Waals surface area (Å²) in [5, 5.41) is 5.09. The summed E-state index contributed by atoms with van der Waals surface area (Å²) in [5.41, 5.74) is 0. The van der Waals surface area contributed by atoms with E-state index in [4.69, 9.17) is 0 Å². The molecule has 0 radical (unpaired) electrons. The lowest BCUT2D eigenvalue weighted by molar-refractivity contribution is -0.118. The van der Waals surface area contributed by atoms with E-state index in [0.717, 1.165) is 6.54 Å². The Kier molecular flexibility index (Phi) is 4.91. The van der Waals surface area contributed by atoms with E-state index in [2.05, 4.69) is 10.5 Å². The molecule has 0 bridgehead atoms. The van der Waals surface area contributed by atoms with Crippen LogP contribution in [0.25, 0.3) is 0 Å². The molecule has 0 aliphatic carbocycles. The summed E-state index contributed by atoms with van der Waals surface area (Å²) >= 11 is 0. The molecule has 0 aromatic carbocycles. The third-order valence-electron chi connectivity index (χ3n) is 0.919. The SMILES string of the molecule is CNCCCC(=O)N=O. The van der Waals surface area contributed by atoms with Gasteiger partial charge in [-0.15, -0.1) is 4.91 Å². The van der Waals surface area contributed by atoms with Crippen LogP contribution in [0, 0.1) is 4.91 Å². The zero-order valence-electron chi connectivity index (χ0n) is 5.39. The van der Waals surface area contributed by atoms with Gasteiger partial charge < -0.3 is 5.32 Å². The van der Waals surface area contributed by atoms with Crippen molar-refractivity contribution in [1.82, 2.24) is 5.32 Å². The van der Waals surface area contributed by atoms with Crippen molar-refractivity contribution in [2.75, 3.05) is 13.6 Å². The quantitative estimate of drug-likeness (QED) is 0.439. The molecule has 0 aromatic heterocycles. The second kappa shape index (κ2) is 5.37. The number of carbonyl (C=O) groups is 1. The molecule has 0 spiro atoms. The van der Waals surface area contributed by atoms with Gasteiger partial charge in [0.1, 0.15) is 0 Å². The van der Waals surface area contributed by atoms with Crippen molar-refractivity contribution in [2.45, 2.75) is 12.8 Å². The Bertz CT molecular complexity index is 103. The summed E-state index contributed by atoms with van der Waals surface area (Å²) in [5.74, 6) is -0.565. The third kappa shape index (κ3) is 5.10. The number of hydrogen-bond donors (Lipinski definition) is 1. The Labute approximate surface area is 53.6 Å². The minimum Gasteiger partial charge on any atom is -0.320 e. The number of nitrogens with one attached hydrogen (secondary N) is 1. The lowest BCUT2D eigenvalue weighted by Crippen LogP contribution is -2.08. The standard InChI is InChI=1S/C5H10N2O2/c1-6-4-2-3-5(8)7-9/h6H,2-4H2,1H3. The molecule has 0 rings (SSSR count).